The second-order valence-corrected chi connectivity index (χ2v) is 5.48. The quantitative estimate of drug-likeness (QED) is 0.788. The van der Waals surface area contributed by atoms with Crippen molar-refractivity contribution in [1.29, 1.82) is 0 Å². The molecule has 1 saturated heterocycles. The van der Waals surface area contributed by atoms with Crippen LogP contribution in [0.25, 0.3) is 0 Å². The second kappa shape index (κ2) is 5.47. The number of nitrogen functional groups attached to an aromatic ring is 2. The van der Waals surface area contributed by atoms with Gasteiger partial charge in [0.25, 0.3) is 0 Å². The first-order valence-electron chi connectivity index (χ1n) is 7.03. The molecule has 6 nitrogen and oxygen atoms in total. The molecule has 1 aliphatic rings. The molecule has 0 amide bonds. The number of rotatable bonds is 3. The number of anilines is 3. The van der Waals surface area contributed by atoms with E-state index in [9.17, 15) is 5.11 Å². The van der Waals surface area contributed by atoms with Crippen molar-refractivity contribution >= 4 is 17.6 Å². The minimum atomic E-state index is 0.215. The average molecular weight is 285 g/mol. The standard InChI is InChI=1S/C15H19N5O/c16-13-8-14(19-15(17)18-13)20-6-5-11(9-20)7-10-1-3-12(21)4-2-10/h1-4,8,11,21H,5-7,9H2,(H4,16,17,18,19). The Balaban J connectivity index is 1.66. The van der Waals surface area contributed by atoms with Crippen LogP contribution in [0.1, 0.15) is 12.0 Å². The van der Waals surface area contributed by atoms with E-state index >= 15 is 0 Å². The molecule has 0 radical (unpaired) electrons. The van der Waals surface area contributed by atoms with Gasteiger partial charge in [-0.2, -0.15) is 9.97 Å². The van der Waals surface area contributed by atoms with Crippen molar-refractivity contribution in [2.24, 2.45) is 5.92 Å². The maximum absolute atomic E-state index is 9.31. The summed E-state index contributed by atoms with van der Waals surface area (Å²) < 4.78 is 0. The van der Waals surface area contributed by atoms with E-state index in [0.717, 1.165) is 31.7 Å². The Kier molecular flexibility index (Phi) is 3.51. The minimum Gasteiger partial charge on any atom is -0.508 e. The summed E-state index contributed by atoms with van der Waals surface area (Å²) in [6.45, 7) is 1.87. The van der Waals surface area contributed by atoms with Gasteiger partial charge in [-0.1, -0.05) is 12.1 Å². The van der Waals surface area contributed by atoms with Gasteiger partial charge < -0.3 is 21.5 Å². The van der Waals surface area contributed by atoms with Crippen LogP contribution in [-0.4, -0.2) is 28.2 Å². The minimum absolute atomic E-state index is 0.215. The van der Waals surface area contributed by atoms with Gasteiger partial charge in [-0.15, -0.1) is 0 Å². The first-order valence-corrected chi connectivity index (χ1v) is 7.03. The molecular formula is C15H19N5O. The van der Waals surface area contributed by atoms with Gasteiger partial charge in [-0.3, -0.25) is 0 Å². The molecule has 0 saturated carbocycles. The smallest absolute Gasteiger partial charge is 0.223 e. The predicted octanol–water partition coefficient (Wildman–Crippen LogP) is 1.42. The van der Waals surface area contributed by atoms with E-state index in [1.54, 1.807) is 18.2 Å². The van der Waals surface area contributed by atoms with Crippen molar-refractivity contribution in [1.82, 2.24) is 9.97 Å². The lowest BCUT2D eigenvalue weighted by molar-refractivity contribution is 0.474. The van der Waals surface area contributed by atoms with Gasteiger partial charge in [-0.25, -0.2) is 0 Å². The van der Waals surface area contributed by atoms with Crippen LogP contribution in [0.2, 0.25) is 0 Å². The monoisotopic (exact) mass is 285 g/mol. The lowest BCUT2D eigenvalue weighted by Gasteiger charge is -2.18. The van der Waals surface area contributed by atoms with Crippen molar-refractivity contribution in [3.8, 4) is 5.75 Å². The Bertz CT molecular complexity index is 608. The molecule has 1 aromatic heterocycles. The number of nitrogens with zero attached hydrogens (tertiary/aromatic N) is 3. The fourth-order valence-electron chi connectivity index (χ4n) is 2.81. The summed E-state index contributed by atoms with van der Waals surface area (Å²) in [6, 6.07) is 9.17. The molecule has 2 aromatic rings. The summed E-state index contributed by atoms with van der Waals surface area (Å²) in [7, 11) is 0. The van der Waals surface area contributed by atoms with Gasteiger partial charge in [0, 0.05) is 19.2 Å². The fourth-order valence-corrected chi connectivity index (χ4v) is 2.81. The first-order chi connectivity index (χ1) is 10.1. The van der Waals surface area contributed by atoms with E-state index in [2.05, 4.69) is 14.9 Å². The van der Waals surface area contributed by atoms with Crippen molar-refractivity contribution < 1.29 is 5.11 Å². The Morgan fingerprint density at radius 2 is 1.95 bits per heavy atom. The molecule has 6 heteroatoms. The van der Waals surface area contributed by atoms with Crippen molar-refractivity contribution in [3.05, 3.63) is 35.9 Å². The molecule has 1 aliphatic heterocycles. The Hall–Kier alpha value is -2.50. The van der Waals surface area contributed by atoms with Gasteiger partial charge in [0.1, 0.15) is 17.4 Å². The molecule has 3 rings (SSSR count). The van der Waals surface area contributed by atoms with Crippen LogP contribution >= 0.6 is 0 Å². The predicted molar refractivity (Wildman–Crippen MR) is 83.0 cm³/mol. The lowest BCUT2D eigenvalue weighted by Crippen LogP contribution is -2.22. The van der Waals surface area contributed by atoms with Crippen LogP contribution in [-0.2, 0) is 6.42 Å². The number of phenolic OH excluding ortho intramolecular Hbond substituents is 1. The number of hydrogen-bond donors (Lipinski definition) is 3. The van der Waals surface area contributed by atoms with Crippen LogP contribution < -0.4 is 16.4 Å². The molecule has 1 atom stereocenters. The van der Waals surface area contributed by atoms with E-state index in [1.807, 2.05) is 12.1 Å². The summed E-state index contributed by atoms with van der Waals surface area (Å²) >= 11 is 0. The third-order valence-electron chi connectivity index (χ3n) is 3.82. The summed E-state index contributed by atoms with van der Waals surface area (Å²) in [4.78, 5) is 10.3. The van der Waals surface area contributed by atoms with Crippen LogP contribution in [0.4, 0.5) is 17.6 Å². The number of nitrogens with two attached hydrogens (primary N) is 2. The summed E-state index contributed by atoms with van der Waals surface area (Å²) in [5.41, 5.74) is 12.6. The molecule has 5 N–H and O–H groups in total. The molecule has 1 fully saturated rings. The number of aromatic hydroxyl groups is 1. The molecule has 2 heterocycles. The van der Waals surface area contributed by atoms with Gasteiger partial charge in [0.2, 0.25) is 5.95 Å². The zero-order valence-corrected chi connectivity index (χ0v) is 11.7. The third kappa shape index (κ3) is 3.16. The van der Waals surface area contributed by atoms with Crippen LogP contribution in [0.5, 0.6) is 5.75 Å². The maximum atomic E-state index is 9.31. The largest absolute Gasteiger partial charge is 0.508 e. The van der Waals surface area contributed by atoms with Crippen LogP contribution in [0.15, 0.2) is 30.3 Å². The summed E-state index contributed by atoms with van der Waals surface area (Å²) in [5.74, 6) is 2.28. The van der Waals surface area contributed by atoms with E-state index in [0.29, 0.717) is 17.5 Å². The molecular weight excluding hydrogens is 266 g/mol. The molecule has 0 aliphatic carbocycles. The van der Waals surface area contributed by atoms with Crippen molar-refractivity contribution in [3.63, 3.8) is 0 Å². The maximum Gasteiger partial charge on any atom is 0.223 e. The highest BCUT2D eigenvalue weighted by molar-refractivity contribution is 5.51. The van der Waals surface area contributed by atoms with Gasteiger partial charge in [-0.05, 0) is 36.5 Å². The summed E-state index contributed by atoms with van der Waals surface area (Å²) in [5, 5.41) is 9.31. The van der Waals surface area contributed by atoms with E-state index in [1.165, 1.54) is 5.56 Å². The second-order valence-electron chi connectivity index (χ2n) is 5.48. The highest BCUT2D eigenvalue weighted by Crippen LogP contribution is 2.26. The molecule has 1 aromatic carbocycles. The molecule has 21 heavy (non-hydrogen) atoms. The first kappa shape index (κ1) is 13.5. The number of aromatic nitrogens is 2. The van der Waals surface area contributed by atoms with Crippen LogP contribution in [0, 0.1) is 5.92 Å². The topological polar surface area (TPSA) is 101 Å². The van der Waals surface area contributed by atoms with E-state index < -0.39 is 0 Å². The average Bonchev–Trinajstić information content (AvgIpc) is 2.89. The highest BCUT2D eigenvalue weighted by Gasteiger charge is 2.24. The zero-order valence-electron chi connectivity index (χ0n) is 11.7. The van der Waals surface area contributed by atoms with E-state index in [4.69, 9.17) is 11.5 Å². The summed E-state index contributed by atoms with van der Waals surface area (Å²) in [6.07, 6.45) is 2.09. The Morgan fingerprint density at radius 3 is 2.67 bits per heavy atom. The van der Waals surface area contributed by atoms with Crippen LogP contribution in [0.3, 0.4) is 0 Å². The van der Waals surface area contributed by atoms with Gasteiger partial charge >= 0.3 is 0 Å². The number of benzene rings is 1. The van der Waals surface area contributed by atoms with Crippen molar-refractivity contribution in [2.45, 2.75) is 12.8 Å². The molecule has 0 bridgehead atoms. The highest BCUT2D eigenvalue weighted by atomic mass is 16.3. The SMILES string of the molecule is Nc1cc(N2CCC(Cc3ccc(O)cc3)C2)nc(N)n1. The number of phenols is 1. The Labute approximate surface area is 123 Å². The fraction of sp³-hybridized carbons (Fsp3) is 0.333. The molecule has 0 spiro atoms. The number of hydrogen-bond acceptors (Lipinski definition) is 6. The lowest BCUT2D eigenvalue weighted by atomic mass is 9.99. The van der Waals surface area contributed by atoms with Gasteiger partial charge in [0.15, 0.2) is 0 Å². The third-order valence-corrected chi connectivity index (χ3v) is 3.82. The normalized spacial score (nSPS) is 18.1. The molecule has 110 valence electrons. The Morgan fingerprint density at radius 1 is 1.19 bits per heavy atom. The van der Waals surface area contributed by atoms with E-state index in [-0.39, 0.29) is 5.95 Å². The van der Waals surface area contributed by atoms with Gasteiger partial charge in [0.05, 0.1) is 0 Å². The molecule has 1 unspecified atom stereocenters. The van der Waals surface area contributed by atoms with Crippen molar-refractivity contribution in [2.75, 3.05) is 29.5 Å². The zero-order chi connectivity index (χ0) is 14.8.